The van der Waals surface area contributed by atoms with E-state index in [1.165, 1.54) is 10.4 Å². The Bertz CT molecular complexity index is 977. The molecule has 8 heteroatoms. The van der Waals surface area contributed by atoms with Crippen LogP contribution in [0.1, 0.15) is 23.2 Å². The zero-order chi connectivity index (χ0) is 21.5. The van der Waals surface area contributed by atoms with Gasteiger partial charge in [-0.15, -0.1) is 11.3 Å². The van der Waals surface area contributed by atoms with Gasteiger partial charge in [0.05, 0.1) is 30.3 Å². The minimum Gasteiger partial charge on any atom is -0.379 e. The number of aryl methyl sites for hydroxylation is 2. The molecule has 1 saturated heterocycles. The second-order valence-corrected chi connectivity index (χ2v) is 8.69. The fourth-order valence-corrected chi connectivity index (χ4v) is 4.98. The molecule has 0 radical (unpaired) electrons. The summed E-state index contributed by atoms with van der Waals surface area (Å²) in [5, 5.41) is 9.15. The quantitative estimate of drug-likeness (QED) is 0.320. The Morgan fingerprint density at radius 3 is 2.81 bits per heavy atom. The maximum atomic E-state index is 5.54. The number of aliphatic imine (C=N–C) groups is 1. The van der Waals surface area contributed by atoms with Gasteiger partial charge in [-0.05, 0) is 36.9 Å². The van der Waals surface area contributed by atoms with Gasteiger partial charge >= 0.3 is 0 Å². The summed E-state index contributed by atoms with van der Waals surface area (Å²) < 4.78 is 7.83. The molecule has 0 amide bonds. The van der Waals surface area contributed by atoms with Crippen molar-refractivity contribution in [1.29, 1.82) is 0 Å². The zero-order valence-electron chi connectivity index (χ0n) is 18.4. The highest BCUT2D eigenvalue weighted by Gasteiger charge is 2.23. The maximum absolute atomic E-state index is 5.54. The second-order valence-electron chi connectivity index (χ2n) is 7.71. The molecule has 4 rings (SSSR count). The minimum absolute atomic E-state index is 0.336. The molecule has 166 valence electrons. The monoisotopic (exact) mass is 440 g/mol. The second kappa shape index (κ2) is 10.7. The lowest BCUT2D eigenvalue weighted by atomic mass is 10.2. The molecular weight excluding hydrogens is 408 g/mol. The number of thiophene rings is 1. The molecule has 1 unspecified atom stereocenters. The summed E-state index contributed by atoms with van der Waals surface area (Å²) in [6.07, 6.45) is 1.000. The Morgan fingerprint density at radius 1 is 1.19 bits per heavy atom. The van der Waals surface area contributed by atoms with Crippen LogP contribution in [-0.4, -0.2) is 66.9 Å². The largest absolute Gasteiger partial charge is 0.379 e. The Balaban J connectivity index is 1.28. The number of guanidine groups is 1. The molecule has 0 saturated carbocycles. The molecule has 2 aromatic heterocycles. The number of rotatable bonds is 8. The number of hydrogen-bond donors (Lipinski definition) is 2. The van der Waals surface area contributed by atoms with E-state index in [0.717, 1.165) is 69.7 Å². The minimum atomic E-state index is 0.336. The van der Waals surface area contributed by atoms with Crippen LogP contribution in [0, 0.1) is 6.92 Å². The molecule has 1 aliphatic rings. The van der Waals surface area contributed by atoms with E-state index >= 15 is 0 Å². The average molecular weight is 441 g/mol. The van der Waals surface area contributed by atoms with Crippen molar-refractivity contribution in [2.24, 2.45) is 4.99 Å². The topological polar surface area (TPSA) is 66.7 Å². The van der Waals surface area contributed by atoms with Crippen LogP contribution in [0.3, 0.4) is 0 Å². The summed E-state index contributed by atoms with van der Waals surface area (Å²) in [5.74, 6) is 1.91. The number of para-hydroxylation sites is 2. The van der Waals surface area contributed by atoms with Crippen molar-refractivity contribution in [2.45, 2.75) is 25.9 Å². The van der Waals surface area contributed by atoms with Crippen LogP contribution < -0.4 is 10.6 Å². The van der Waals surface area contributed by atoms with E-state index in [9.17, 15) is 0 Å². The predicted octanol–water partition coefficient (Wildman–Crippen LogP) is 3.03. The first-order chi connectivity index (χ1) is 15.3. The third-order valence-corrected chi connectivity index (χ3v) is 6.71. The van der Waals surface area contributed by atoms with Crippen LogP contribution in [0.5, 0.6) is 0 Å². The SMILES string of the molecule is CN=C(NCCCn1c(C)nc2ccccc21)NCC(c1cccs1)N1CCOCC1. The van der Waals surface area contributed by atoms with Crippen LogP contribution in [-0.2, 0) is 11.3 Å². The van der Waals surface area contributed by atoms with Crippen LogP contribution in [0.2, 0.25) is 0 Å². The molecule has 1 atom stereocenters. The summed E-state index contributed by atoms with van der Waals surface area (Å²) in [5.41, 5.74) is 2.26. The number of ether oxygens (including phenoxy) is 1. The predicted molar refractivity (Wildman–Crippen MR) is 128 cm³/mol. The van der Waals surface area contributed by atoms with Crippen molar-refractivity contribution in [3.05, 3.63) is 52.5 Å². The van der Waals surface area contributed by atoms with Gasteiger partial charge in [0.2, 0.25) is 0 Å². The fourth-order valence-electron chi connectivity index (χ4n) is 4.12. The third kappa shape index (κ3) is 5.44. The van der Waals surface area contributed by atoms with Crippen molar-refractivity contribution < 1.29 is 4.74 Å². The Kier molecular flexibility index (Phi) is 7.56. The van der Waals surface area contributed by atoms with Crippen molar-refractivity contribution in [3.63, 3.8) is 0 Å². The van der Waals surface area contributed by atoms with E-state index in [2.05, 4.69) is 72.7 Å². The highest BCUT2D eigenvalue weighted by molar-refractivity contribution is 7.10. The number of nitrogens with one attached hydrogen (secondary N) is 2. The lowest BCUT2D eigenvalue weighted by molar-refractivity contribution is 0.0177. The Hall–Kier alpha value is -2.42. The van der Waals surface area contributed by atoms with E-state index in [1.54, 1.807) is 0 Å². The average Bonchev–Trinajstić information content (AvgIpc) is 3.44. The van der Waals surface area contributed by atoms with E-state index < -0.39 is 0 Å². The van der Waals surface area contributed by atoms with Gasteiger partial charge in [-0.2, -0.15) is 0 Å². The first-order valence-corrected chi connectivity index (χ1v) is 11.9. The number of fused-ring (bicyclic) bond motifs is 1. The van der Waals surface area contributed by atoms with Crippen molar-refractivity contribution >= 4 is 28.3 Å². The summed E-state index contributed by atoms with van der Waals surface area (Å²) in [6.45, 7) is 8.22. The van der Waals surface area contributed by atoms with Gasteiger partial charge in [0.1, 0.15) is 5.82 Å². The van der Waals surface area contributed by atoms with E-state index in [-0.39, 0.29) is 0 Å². The van der Waals surface area contributed by atoms with Gasteiger partial charge in [0, 0.05) is 44.6 Å². The number of benzene rings is 1. The lowest BCUT2D eigenvalue weighted by Gasteiger charge is -2.34. The first-order valence-electron chi connectivity index (χ1n) is 11.0. The van der Waals surface area contributed by atoms with Crippen molar-refractivity contribution in [1.82, 2.24) is 25.1 Å². The molecule has 31 heavy (non-hydrogen) atoms. The normalized spacial score (nSPS) is 16.5. The Labute approximate surface area is 188 Å². The number of hydrogen-bond acceptors (Lipinski definition) is 5. The highest BCUT2D eigenvalue weighted by atomic mass is 32.1. The van der Waals surface area contributed by atoms with Gasteiger partial charge in [0.25, 0.3) is 0 Å². The standard InChI is InChI=1S/C23H32N6OS/c1-18-27-19-7-3-4-8-20(19)29(18)11-6-10-25-23(24-2)26-17-21(22-9-5-16-31-22)28-12-14-30-15-13-28/h3-5,7-9,16,21H,6,10-15,17H2,1-2H3,(H2,24,25,26). The van der Waals surface area contributed by atoms with Crippen molar-refractivity contribution in [2.75, 3.05) is 46.4 Å². The van der Waals surface area contributed by atoms with Gasteiger partial charge in [0.15, 0.2) is 5.96 Å². The summed E-state index contributed by atoms with van der Waals surface area (Å²) in [6, 6.07) is 13.0. The first kappa shape index (κ1) is 21.8. The van der Waals surface area contributed by atoms with Crippen molar-refractivity contribution in [3.8, 4) is 0 Å². The van der Waals surface area contributed by atoms with Crippen LogP contribution in [0.25, 0.3) is 11.0 Å². The summed E-state index contributed by atoms with van der Waals surface area (Å²) in [4.78, 5) is 13.0. The fraction of sp³-hybridized carbons (Fsp3) is 0.478. The molecule has 1 aromatic carbocycles. The molecule has 3 heterocycles. The molecule has 3 aromatic rings. The zero-order valence-corrected chi connectivity index (χ0v) is 19.2. The number of imidazole rings is 1. The van der Waals surface area contributed by atoms with Gasteiger partial charge in [-0.25, -0.2) is 4.98 Å². The van der Waals surface area contributed by atoms with E-state index in [0.29, 0.717) is 6.04 Å². The van der Waals surface area contributed by atoms with E-state index in [1.807, 2.05) is 24.5 Å². The van der Waals surface area contributed by atoms with E-state index in [4.69, 9.17) is 4.74 Å². The molecule has 0 spiro atoms. The molecular formula is C23H32N6OS. The molecule has 1 aliphatic heterocycles. The van der Waals surface area contributed by atoms with Crippen LogP contribution in [0.4, 0.5) is 0 Å². The molecule has 0 bridgehead atoms. The highest BCUT2D eigenvalue weighted by Crippen LogP contribution is 2.25. The van der Waals surface area contributed by atoms with Crippen LogP contribution >= 0.6 is 11.3 Å². The van der Waals surface area contributed by atoms with Gasteiger partial charge in [-0.1, -0.05) is 18.2 Å². The van der Waals surface area contributed by atoms with Gasteiger partial charge in [-0.3, -0.25) is 9.89 Å². The number of aromatic nitrogens is 2. The molecule has 2 N–H and O–H groups in total. The molecule has 0 aliphatic carbocycles. The lowest BCUT2D eigenvalue weighted by Crippen LogP contribution is -2.46. The number of nitrogens with zero attached hydrogens (tertiary/aromatic N) is 4. The third-order valence-electron chi connectivity index (χ3n) is 5.74. The summed E-state index contributed by atoms with van der Waals surface area (Å²) in [7, 11) is 1.83. The Morgan fingerprint density at radius 2 is 2.03 bits per heavy atom. The van der Waals surface area contributed by atoms with Crippen LogP contribution in [0.15, 0.2) is 46.8 Å². The summed E-state index contributed by atoms with van der Waals surface area (Å²) >= 11 is 1.81. The van der Waals surface area contributed by atoms with Gasteiger partial charge < -0.3 is 19.9 Å². The molecule has 7 nitrogen and oxygen atoms in total. The maximum Gasteiger partial charge on any atom is 0.191 e. The molecule has 1 fully saturated rings. The smallest absolute Gasteiger partial charge is 0.191 e. The number of morpholine rings is 1.